The Bertz CT molecular complexity index is 128. The van der Waals surface area contributed by atoms with Crippen molar-refractivity contribution in [3.05, 3.63) is 26.7 Å². The number of carbonyl (C=O) groups is 1. The summed E-state index contributed by atoms with van der Waals surface area (Å²) in [4.78, 5) is 10.4. The van der Waals surface area contributed by atoms with Gasteiger partial charge < -0.3 is 24.7 Å². The molecule has 0 bridgehead atoms. The van der Waals surface area contributed by atoms with Crippen LogP contribution in [-0.2, 0) is 31.2 Å². The van der Waals surface area contributed by atoms with E-state index in [1.807, 2.05) is 0 Å². The largest absolute Gasteiger partial charge is 2.00 e. The van der Waals surface area contributed by atoms with E-state index in [1.165, 1.54) is 6.92 Å². The zero-order chi connectivity index (χ0) is 7.28. The Morgan fingerprint density at radius 1 is 1.50 bits per heavy atom. The molecule has 0 atom stereocenters. The van der Waals surface area contributed by atoms with Crippen molar-refractivity contribution in [2.24, 2.45) is 0 Å². The van der Waals surface area contributed by atoms with E-state index in [2.05, 4.69) is 4.74 Å². The second-order valence-corrected chi connectivity index (χ2v) is 1.54. The molecule has 0 aromatic carbocycles. The normalized spacial score (nSPS) is 8.33. The number of hydrogen-bond donors (Lipinski definition) is 1. The predicted octanol–water partition coefficient (Wildman–Crippen LogP) is 1.91. The van der Waals surface area contributed by atoms with Crippen molar-refractivity contribution in [3.8, 4) is 0 Å². The molecule has 4 heteroatoms. The number of carbonyl (C=O) groups excluding carboxylic acids is 1. The molecule has 0 fully saturated rings. The van der Waals surface area contributed by atoms with Gasteiger partial charge in [-0.05, 0) is 13.8 Å². The van der Waals surface area contributed by atoms with Crippen LogP contribution in [0.1, 0.15) is 13.8 Å². The van der Waals surface area contributed by atoms with Crippen LogP contribution >= 0.6 is 0 Å². The van der Waals surface area contributed by atoms with Gasteiger partial charge in [0.25, 0.3) is 0 Å². The first kappa shape index (κ1) is 22.6. The van der Waals surface area contributed by atoms with Crippen molar-refractivity contribution in [2.75, 3.05) is 6.61 Å². The molecule has 70 valence electrons. The molecule has 0 rings (SSSR count). The number of hydrogen-bond acceptors (Lipinski definition) is 3. The van der Waals surface area contributed by atoms with Crippen LogP contribution in [0, 0.1) is 14.9 Å². The number of allylic oxidation sites excluding steroid dienone is 1. The van der Waals surface area contributed by atoms with Crippen LogP contribution in [0.15, 0.2) is 11.8 Å². The maximum atomic E-state index is 10.4. The molecule has 3 nitrogen and oxygen atoms in total. The van der Waals surface area contributed by atoms with E-state index in [4.69, 9.17) is 5.11 Å². The minimum absolute atomic E-state index is 0. The summed E-state index contributed by atoms with van der Waals surface area (Å²) in [6, 6.07) is 0. The third kappa shape index (κ3) is 16.4. The fraction of sp³-hybridized carbons (Fsp3) is 0.375. The van der Waals surface area contributed by atoms with Gasteiger partial charge in [0.1, 0.15) is 0 Å². The Morgan fingerprint density at radius 3 is 2.17 bits per heavy atom. The fourth-order valence-corrected chi connectivity index (χ4v) is 0.354. The Hall–Kier alpha value is -0.276. The van der Waals surface area contributed by atoms with Crippen LogP contribution in [0.25, 0.3) is 0 Å². The van der Waals surface area contributed by atoms with Crippen LogP contribution in [0.4, 0.5) is 0 Å². The molecule has 0 radical (unpaired) electrons. The van der Waals surface area contributed by atoms with E-state index in [0.717, 1.165) is 6.08 Å². The average Bonchev–Trinajstić information content (AvgIpc) is 1.63. The average molecular weight is 208 g/mol. The first-order valence-corrected chi connectivity index (χ1v) is 2.70. The molecule has 0 aliphatic rings. The molecule has 1 N–H and O–H groups in total. The topological polar surface area (TPSA) is 46.5 Å². The van der Waals surface area contributed by atoms with E-state index in [9.17, 15) is 4.79 Å². The summed E-state index contributed by atoms with van der Waals surface area (Å²) in [7, 11) is 0. The van der Waals surface area contributed by atoms with E-state index >= 15 is 0 Å². The summed E-state index contributed by atoms with van der Waals surface area (Å²) in [6.45, 7) is 3.46. The Kier molecular flexibility index (Phi) is 25.1. The number of esters is 1. The van der Waals surface area contributed by atoms with E-state index in [-0.39, 0.29) is 42.3 Å². The molecule has 0 aromatic heterocycles. The van der Waals surface area contributed by atoms with Crippen molar-refractivity contribution >= 4 is 5.97 Å². The Morgan fingerprint density at radius 2 is 1.92 bits per heavy atom. The molecular formula is C8H16O3Ti. The van der Waals surface area contributed by atoms with Gasteiger partial charge in [-0.25, -0.2) is 4.79 Å². The van der Waals surface area contributed by atoms with Gasteiger partial charge in [-0.2, -0.15) is 0 Å². The minimum Gasteiger partial charge on any atom is -0.512 e. The number of rotatable bonds is 2. The zero-order valence-corrected chi connectivity index (χ0v) is 9.61. The molecular weight excluding hydrogens is 192 g/mol. The quantitative estimate of drug-likeness (QED) is 0.248. The van der Waals surface area contributed by atoms with Crippen molar-refractivity contribution in [1.82, 2.24) is 0 Å². The van der Waals surface area contributed by atoms with Gasteiger partial charge in [-0.3, -0.25) is 0 Å². The molecule has 12 heavy (non-hydrogen) atoms. The standard InChI is InChI=1S/C6H10O3.2CH3.Ti/c1-3-9-6(8)4-5(2)7;;;/h4,7H,3H2,1-2H3;2*1H3;/q;2*-1;+2. The SMILES string of the molecule is CCOC(=O)C=C(C)O.[CH3-].[CH3-].[Ti+2]. The fourth-order valence-electron chi connectivity index (χ4n) is 0.354. The molecule has 0 aromatic rings. The Balaban J connectivity index is -0.000000107. The first-order valence-electron chi connectivity index (χ1n) is 2.70. The summed E-state index contributed by atoms with van der Waals surface area (Å²) in [5, 5.41) is 8.51. The van der Waals surface area contributed by atoms with Gasteiger partial charge in [-0.1, -0.05) is 0 Å². The Labute approximate surface area is 89.7 Å². The number of aliphatic hydroxyl groups excluding tert-OH is 1. The van der Waals surface area contributed by atoms with E-state index < -0.39 is 5.97 Å². The maximum Gasteiger partial charge on any atom is 2.00 e. The molecule has 0 spiro atoms. The van der Waals surface area contributed by atoms with Gasteiger partial charge >= 0.3 is 27.7 Å². The van der Waals surface area contributed by atoms with Crippen molar-refractivity contribution in [2.45, 2.75) is 13.8 Å². The third-order valence-electron chi connectivity index (χ3n) is 0.613. The molecule has 0 aliphatic heterocycles. The minimum atomic E-state index is -0.502. The van der Waals surface area contributed by atoms with Gasteiger partial charge in [0.15, 0.2) is 0 Å². The summed E-state index contributed by atoms with van der Waals surface area (Å²) in [6.07, 6.45) is 1.03. The van der Waals surface area contributed by atoms with Crippen LogP contribution in [0.5, 0.6) is 0 Å². The van der Waals surface area contributed by atoms with Crippen LogP contribution in [-0.4, -0.2) is 17.7 Å². The van der Waals surface area contributed by atoms with Crippen molar-refractivity contribution < 1.29 is 36.4 Å². The summed E-state index contributed by atoms with van der Waals surface area (Å²) >= 11 is 0. The number of ether oxygens (including phenoxy) is 1. The van der Waals surface area contributed by atoms with Gasteiger partial charge in [-0.15, -0.1) is 0 Å². The van der Waals surface area contributed by atoms with Crippen molar-refractivity contribution in [1.29, 1.82) is 0 Å². The molecule has 0 heterocycles. The van der Waals surface area contributed by atoms with Crippen LogP contribution < -0.4 is 0 Å². The molecule has 0 amide bonds. The monoisotopic (exact) mass is 208 g/mol. The maximum absolute atomic E-state index is 10.4. The molecule has 0 unspecified atom stereocenters. The zero-order valence-electron chi connectivity index (χ0n) is 8.05. The van der Waals surface area contributed by atoms with Crippen molar-refractivity contribution in [3.63, 3.8) is 0 Å². The summed E-state index contributed by atoms with van der Waals surface area (Å²) in [5.74, 6) is -0.536. The van der Waals surface area contributed by atoms with Gasteiger partial charge in [0.05, 0.1) is 18.4 Å². The predicted molar refractivity (Wildman–Crippen MR) is 45.8 cm³/mol. The molecule has 0 saturated heterocycles. The third-order valence-corrected chi connectivity index (χ3v) is 0.613. The number of aliphatic hydroxyl groups is 1. The smallest absolute Gasteiger partial charge is 0.512 e. The summed E-state index contributed by atoms with van der Waals surface area (Å²) < 4.78 is 4.48. The van der Waals surface area contributed by atoms with Gasteiger partial charge in [0.2, 0.25) is 0 Å². The molecule has 0 saturated carbocycles. The van der Waals surface area contributed by atoms with Gasteiger partial charge in [0, 0.05) is 0 Å². The molecule has 0 aliphatic carbocycles. The van der Waals surface area contributed by atoms with Crippen LogP contribution in [0.3, 0.4) is 0 Å². The second kappa shape index (κ2) is 13.3. The first-order chi connectivity index (χ1) is 4.16. The van der Waals surface area contributed by atoms with E-state index in [0.29, 0.717) is 6.61 Å². The van der Waals surface area contributed by atoms with E-state index in [1.54, 1.807) is 6.92 Å². The second-order valence-electron chi connectivity index (χ2n) is 1.54. The summed E-state index contributed by atoms with van der Waals surface area (Å²) in [5.41, 5.74) is 0. The van der Waals surface area contributed by atoms with Crippen LogP contribution in [0.2, 0.25) is 0 Å².